The molecule has 0 fully saturated rings. The zero-order chi connectivity index (χ0) is 33.6. The van der Waals surface area contributed by atoms with E-state index in [1.165, 1.54) is 154 Å². The molecule has 0 rings (SSSR count). The first kappa shape index (κ1) is 44.4. The lowest BCUT2D eigenvalue weighted by Crippen LogP contribution is -2.31. The molecule has 0 aromatic carbocycles. The van der Waals surface area contributed by atoms with Crippen LogP contribution in [0.5, 0.6) is 0 Å². The van der Waals surface area contributed by atoms with Crippen LogP contribution in [0.3, 0.4) is 0 Å². The van der Waals surface area contributed by atoms with E-state index in [0.717, 1.165) is 25.9 Å². The lowest BCUT2D eigenvalue weighted by molar-refractivity contribution is -0.121. The minimum absolute atomic E-state index is 0.216. The van der Waals surface area contributed by atoms with Gasteiger partial charge in [-0.2, -0.15) is 0 Å². The van der Waals surface area contributed by atoms with Crippen LogP contribution in [0.15, 0.2) is 48.6 Å². The van der Waals surface area contributed by atoms with E-state index in [2.05, 4.69) is 72.7 Å². The second kappa shape index (κ2) is 37.8. The monoisotopic (exact) mass is 641 g/mol. The summed E-state index contributed by atoms with van der Waals surface area (Å²) >= 11 is 0. The average molecular weight is 641 g/mol. The molecule has 0 bridgehead atoms. The van der Waals surface area contributed by atoms with E-state index in [1.807, 2.05) is 14.1 Å². The minimum Gasteiger partial charge on any atom is -0.356 e. The highest BCUT2D eigenvalue weighted by molar-refractivity contribution is 5.76. The Bertz CT molecular complexity index is 687. The molecule has 0 aliphatic heterocycles. The van der Waals surface area contributed by atoms with E-state index in [0.29, 0.717) is 12.3 Å². The number of rotatable bonds is 35. The van der Waals surface area contributed by atoms with Gasteiger partial charge in [-0.1, -0.05) is 152 Å². The molecule has 0 heterocycles. The molecule has 1 amide bonds. The molecular formula is C43H80N2O. The molecule has 1 N–H and O–H groups in total. The quantitative estimate of drug-likeness (QED) is 0.0552. The van der Waals surface area contributed by atoms with Gasteiger partial charge >= 0.3 is 0 Å². The number of nitrogens with zero attached hydrogens (tertiary/aromatic N) is 1. The molecule has 1 unspecified atom stereocenters. The summed E-state index contributed by atoms with van der Waals surface area (Å²) in [6, 6.07) is 0. The fraction of sp³-hybridized carbons (Fsp3) is 0.791. The van der Waals surface area contributed by atoms with E-state index in [-0.39, 0.29) is 5.91 Å². The molecule has 0 saturated carbocycles. The Hall–Kier alpha value is -1.61. The summed E-state index contributed by atoms with van der Waals surface area (Å²) in [6.45, 7) is 6.23. The van der Waals surface area contributed by atoms with Gasteiger partial charge in [-0.3, -0.25) is 4.79 Å². The molecule has 46 heavy (non-hydrogen) atoms. The maximum atomic E-state index is 12.3. The molecule has 0 aliphatic carbocycles. The molecule has 0 aromatic rings. The maximum Gasteiger partial charge on any atom is 0.221 e. The van der Waals surface area contributed by atoms with Crippen LogP contribution in [0.1, 0.15) is 187 Å². The van der Waals surface area contributed by atoms with Crippen LogP contribution in [0, 0.1) is 5.92 Å². The third kappa shape index (κ3) is 36.9. The van der Waals surface area contributed by atoms with E-state index in [1.54, 1.807) is 0 Å². The molecule has 0 saturated heterocycles. The van der Waals surface area contributed by atoms with Crippen LogP contribution < -0.4 is 5.32 Å². The van der Waals surface area contributed by atoms with Crippen LogP contribution in [0.25, 0.3) is 0 Å². The third-order valence-electron chi connectivity index (χ3n) is 9.00. The highest BCUT2D eigenvalue weighted by Crippen LogP contribution is 2.19. The van der Waals surface area contributed by atoms with Gasteiger partial charge in [0.15, 0.2) is 0 Å². The average Bonchev–Trinajstić information content (AvgIpc) is 3.05. The van der Waals surface area contributed by atoms with Crippen molar-refractivity contribution < 1.29 is 4.79 Å². The standard InChI is InChI=1S/C43H80N2O/c1-5-7-9-11-13-15-17-19-21-23-25-27-29-31-33-35-37-42(41-44-43(46)39-40-45(3)4)38-36-34-32-30-28-26-24-22-20-18-16-14-12-10-8-6-2/h13-16,19-22,42H,5-12,17-18,23-41H2,1-4H3,(H,44,46)/b15-13-,16-14?,21-19-,22-20?. The fourth-order valence-electron chi connectivity index (χ4n) is 5.86. The lowest BCUT2D eigenvalue weighted by atomic mass is 9.94. The minimum atomic E-state index is 0.216. The smallest absolute Gasteiger partial charge is 0.221 e. The molecule has 0 spiro atoms. The summed E-state index contributed by atoms with van der Waals surface area (Å²) < 4.78 is 0. The molecule has 3 heteroatoms. The van der Waals surface area contributed by atoms with Crippen molar-refractivity contribution in [3.05, 3.63) is 48.6 Å². The Morgan fingerprint density at radius 3 is 1.28 bits per heavy atom. The summed E-state index contributed by atoms with van der Waals surface area (Å²) in [5.41, 5.74) is 0. The highest BCUT2D eigenvalue weighted by atomic mass is 16.1. The zero-order valence-electron chi connectivity index (χ0n) is 31.6. The van der Waals surface area contributed by atoms with Crippen molar-refractivity contribution in [2.24, 2.45) is 5.92 Å². The van der Waals surface area contributed by atoms with E-state index in [9.17, 15) is 4.79 Å². The Morgan fingerprint density at radius 2 is 0.891 bits per heavy atom. The van der Waals surface area contributed by atoms with Crippen LogP contribution in [-0.2, 0) is 4.79 Å². The predicted octanol–water partition coefficient (Wildman–Crippen LogP) is 13.1. The summed E-state index contributed by atoms with van der Waals surface area (Å²) in [4.78, 5) is 14.4. The number of carbonyl (C=O) groups is 1. The number of amides is 1. The molecule has 268 valence electrons. The molecular weight excluding hydrogens is 560 g/mol. The first-order chi connectivity index (χ1) is 22.6. The summed E-state index contributed by atoms with van der Waals surface area (Å²) in [5, 5.41) is 3.26. The normalized spacial score (nSPS) is 13.0. The van der Waals surface area contributed by atoms with Gasteiger partial charge in [-0.15, -0.1) is 0 Å². The van der Waals surface area contributed by atoms with Crippen LogP contribution in [-0.4, -0.2) is 38.0 Å². The molecule has 0 radical (unpaired) electrons. The predicted molar refractivity (Wildman–Crippen MR) is 208 cm³/mol. The second-order valence-electron chi connectivity index (χ2n) is 14.0. The van der Waals surface area contributed by atoms with Crippen LogP contribution in [0.2, 0.25) is 0 Å². The number of nitrogens with one attached hydrogen (secondary N) is 1. The van der Waals surface area contributed by atoms with Gasteiger partial charge in [-0.25, -0.2) is 0 Å². The van der Waals surface area contributed by atoms with Gasteiger partial charge in [0.25, 0.3) is 0 Å². The van der Waals surface area contributed by atoms with E-state index in [4.69, 9.17) is 0 Å². The van der Waals surface area contributed by atoms with Crippen molar-refractivity contribution in [3.63, 3.8) is 0 Å². The van der Waals surface area contributed by atoms with Gasteiger partial charge in [0.2, 0.25) is 5.91 Å². The van der Waals surface area contributed by atoms with E-state index < -0.39 is 0 Å². The second-order valence-corrected chi connectivity index (χ2v) is 14.0. The summed E-state index contributed by atoms with van der Waals surface area (Å²) in [6.07, 6.45) is 53.2. The van der Waals surface area contributed by atoms with Crippen molar-refractivity contribution in [1.82, 2.24) is 10.2 Å². The first-order valence-corrected chi connectivity index (χ1v) is 20.1. The van der Waals surface area contributed by atoms with Crippen molar-refractivity contribution in [3.8, 4) is 0 Å². The Kier molecular flexibility index (Phi) is 36.5. The largest absolute Gasteiger partial charge is 0.356 e. The Balaban J connectivity index is 4.00. The van der Waals surface area contributed by atoms with Gasteiger partial charge in [0.1, 0.15) is 0 Å². The topological polar surface area (TPSA) is 32.3 Å². The fourth-order valence-corrected chi connectivity index (χ4v) is 5.86. The van der Waals surface area contributed by atoms with Gasteiger partial charge in [-0.05, 0) is 97.1 Å². The SMILES string of the molecule is CCCCCC=CCC=CCCCCCCCCC(CCCCCCCC/C=C\C/C=C\CCCCC)CNC(=O)CCN(C)C. The maximum absolute atomic E-state index is 12.3. The lowest BCUT2D eigenvalue weighted by Gasteiger charge is -2.18. The number of hydrogen-bond donors (Lipinski definition) is 1. The number of hydrogen-bond acceptors (Lipinski definition) is 2. The number of unbranched alkanes of at least 4 members (excludes halogenated alkanes) is 18. The molecule has 1 atom stereocenters. The zero-order valence-corrected chi connectivity index (χ0v) is 31.6. The van der Waals surface area contributed by atoms with Gasteiger partial charge < -0.3 is 10.2 Å². The first-order valence-electron chi connectivity index (χ1n) is 20.1. The summed E-state index contributed by atoms with van der Waals surface area (Å²) in [7, 11) is 4.07. The number of carbonyl (C=O) groups excluding carboxylic acids is 1. The van der Waals surface area contributed by atoms with Crippen molar-refractivity contribution in [2.75, 3.05) is 27.2 Å². The number of allylic oxidation sites excluding steroid dienone is 8. The molecule has 0 aromatic heterocycles. The van der Waals surface area contributed by atoms with Crippen molar-refractivity contribution in [1.29, 1.82) is 0 Å². The van der Waals surface area contributed by atoms with Gasteiger partial charge in [0, 0.05) is 19.5 Å². The van der Waals surface area contributed by atoms with Crippen molar-refractivity contribution >= 4 is 5.91 Å². The Labute approximate surface area is 289 Å². The molecule has 3 nitrogen and oxygen atoms in total. The van der Waals surface area contributed by atoms with Gasteiger partial charge in [0.05, 0.1) is 0 Å². The summed E-state index contributed by atoms with van der Waals surface area (Å²) in [5.74, 6) is 0.854. The van der Waals surface area contributed by atoms with E-state index >= 15 is 0 Å². The van der Waals surface area contributed by atoms with Crippen LogP contribution in [0.4, 0.5) is 0 Å². The van der Waals surface area contributed by atoms with Crippen molar-refractivity contribution in [2.45, 2.75) is 187 Å². The highest BCUT2D eigenvalue weighted by Gasteiger charge is 2.11. The van der Waals surface area contributed by atoms with Crippen LogP contribution >= 0.6 is 0 Å². The third-order valence-corrected chi connectivity index (χ3v) is 9.00. The Morgan fingerprint density at radius 1 is 0.522 bits per heavy atom. The molecule has 0 aliphatic rings.